The maximum atomic E-state index is 10.4. The van der Waals surface area contributed by atoms with Crippen LogP contribution in [0, 0.1) is 0 Å². The van der Waals surface area contributed by atoms with Crippen molar-refractivity contribution in [3.63, 3.8) is 0 Å². The molecule has 1 atom stereocenters. The zero-order chi connectivity index (χ0) is 9.68. The molecule has 0 aliphatic heterocycles. The molecule has 13 heavy (non-hydrogen) atoms. The van der Waals surface area contributed by atoms with Gasteiger partial charge < -0.3 is 9.84 Å². The molecule has 1 N–H and O–H groups in total. The molecule has 1 heterocycles. The SMILES string of the molecule is C[C@H](OCCc1ccsc1)C(=O)O. The molecule has 4 heteroatoms. The van der Waals surface area contributed by atoms with Crippen LogP contribution in [0.5, 0.6) is 0 Å². The molecule has 0 bridgehead atoms. The molecule has 0 unspecified atom stereocenters. The Morgan fingerprint density at radius 3 is 3.08 bits per heavy atom. The summed E-state index contributed by atoms with van der Waals surface area (Å²) < 4.78 is 5.08. The van der Waals surface area contributed by atoms with Gasteiger partial charge in [-0.15, -0.1) is 0 Å². The first-order valence-electron chi connectivity index (χ1n) is 4.05. The van der Waals surface area contributed by atoms with Crippen LogP contribution in [0.4, 0.5) is 0 Å². The number of rotatable bonds is 5. The molecule has 0 radical (unpaired) electrons. The first kappa shape index (κ1) is 10.2. The molecule has 1 rings (SSSR count). The van der Waals surface area contributed by atoms with Crippen molar-refractivity contribution >= 4 is 17.3 Å². The first-order valence-corrected chi connectivity index (χ1v) is 5.00. The Balaban J connectivity index is 2.18. The fraction of sp³-hybridized carbons (Fsp3) is 0.444. The number of hydrogen-bond acceptors (Lipinski definition) is 3. The summed E-state index contributed by atoms with van der Waals surface area (Å²) in [4.78, 5) is 10.4. The minimum Gasteiger partial charge on any atom is -0.479 e. The molecule has 1 aromatic heterocycles. The maximum Gasteiger partial charge on any atom is 0.332 e. The topological polar surface area (TPSA) is 46.5 Å². The zero-order valence-corrected chi connectivity index (χ0v) is 8.21. The van der Waals surface area contributed by atoms with Gasteiger partial charge in [0.25, 0.3) is 0 Å². The number of ether oxygens (including phenoxy) is 1. The van der Waals surface area contributed by atoms with Crippen molar-refractivity contribution in [2.24, 2.45) is 0 Å². The highest BCUT2D eigenvalue weighted by Gasteiger charge is 2.09. The van der Waals surface area contributed by atoms with Crippen molar-refractivity contribution in [3.8, 4) is 0 Å². The molecular formula is C9H12O3S. The van der Waals surface area contributed by atoms with Crippen molar-refractivity contribution in [3.05, 3.63) is 22.4 Å². The first-order chi connectivity index (χ1) is 6.20. The highest BCUT2D eigenvalue weighted by molar-refractivity contribution is 7.07. The number of carboxylic acids is 1. The van der Waals surface area contributed by atoms with Gasteiger partial charge in [-0.3, -0.25) is 0 Å². The normalized spacial score (nSPS) is 12.7. The highest BCUT2D eigenvalue weighted by Crippen LogP contribution is 2.06. The van der Waals surface area contributed by atoms with Crippen LogP contribution in [0.15, 0.2) is 16.8 Å². The van der Waals surface area contributed by atoms with E-state index in [-0.39, 0.29) is 0 Å². The smallest absolute Gasteiger partial charge is 0.332 e. The van der Waals surface area contributed by atoms with Crippen molar-refractivity contribution in [1.82, 2.24) is 0 Å². The Kier molecular flexibility index (Phi) is 3.92. The summed E-state index contributed by atoms with van der Waals surface area (Å²) in [5.74, 6) is -0.912. The molecule has 72 valence electrons. The number of carboxylic acid groups (broad SMARTS) is 1. The van der Waals surface area contributed by atoms with Crippen molar-refractivity contribution < 1.29 is 14.6 Å². The summed E-state index contributed by atoms with van der Waals surface area (Å²) in [5.41, 5.74) is 1.20. The van der Waals surface area contributed by atoms with E-state index in [1.54, 1.807) is 11.3 Å². The van der Waals surface area contributed by atoms with E-state index in [4.69, 9.17) is 9.84 Å². The molecule has 3 nitrogen and oxygen atoms in total. The lowest BCUT2D eigenvalue weighted by Gasteiger charge is -2.06. The Bertz CT molecular complexity index is 256. The third kappa shape index (κ3) is 3.57. The van der Waals surface area contributed by atoms with E-state index in [2.05, 4.69) is 0 Å². The lowest BCUT2D eigenvalue weighted by atomic mass is 10.2. The van der Waals surface area contributed by atoms with Gasteiger partial charge in [-0.25, -0.2) is 4.79 Å². The summed E-state index contributed by atoms with van der Waals surface area (Å²) in [6.07, 6.45) is 0.0693. The second-order valence-electron chi connectivity index (χ2n) is 2.73. The van der Waals surface area contributed by atoms with E-state index in [1.807, 2.05) is 16.8 Å². The maximum absolute atomic E-state index is 10.4. The van der Waals surface area contributed by atoms with Crippen molar-refractivity contribution in [2.45, 2.75) is 19.4 Å². The molecule has 0 fully saturated rings. The van der Waals surface area contributed by atoms with Crippen molar-refractivity contribution in [1.29, 1.82) is 0 Å². The highest BCUT2D eigenvalue weighted by atomic mass is 32.1. The Morgan fingerprint density at radius 1 is 1.77 bits per heavy atom. The molecule has 0 saturated heterocycles. The zero-order valence-electron chi connectivity index (χ0n) is 7.40. The van der Waals surface area contributed by atoms with Crippen LogP contribution >= 0.6 is 11.3 Å². The van der Waals surface area contributed by atoms with Crippen LogP contribution in [-0.2, 0) is 16.0 Å². The average Bonchev–Trinajstić information content (AvgIpc) is 2.56. The van der Waals surface area contributed by atoms with Gasteiger partial charge in [-0.05, 0) is 35.7 Å². The fourth-order valence-electron chi connectivity index (χ4n) is 0.860. The standard InChI is InChI=1S/C9H12O3S/c1-7(9(10)11)12-4-2-8-3-5-13-6-8/h3,5-7H,2,4H2,1H3,(H,10,11)/t7-/m0/s1. The molecule has 0 aromatic carbocycles. The predicted octanol–water partition coefficient (Wildman–Crippen LogP) is 1.78. The van der Waals surface area contributed by atoms with E-state index >= 15 is 0 Å². The largest absolute Gasteiger partial charge is 0.479 e. The molecule has 1 aromatic rings. The summed E-state index contributed by atoms with van der Waals surface area (Å²) in [5, 5.41) is 12.5. The minimum atomic E-state index is -0.912. The third-order valence-corrected chi connectivity index (χ3v) is 2.42. The van der Waals surface area contributed by atoms with Gasteiger partial charge in [0.15, 0.2) is 6.10 Å². The summed E-state index contributed by atoms with van der Waals surface area (Å²) in [6, 6.07) is 2.01. The molecule has 0 aliphatic carbocycles. The van der Waals surface area contributed by atoms with Gasteiger partial charge in [0.1, 0.15) is 0 Å². The number of aliphatic carboxylic acids is 1. The molecule has 0 saturated carbocycles. The summed E-state index contributed by atoms with van der Waals surface area (Å²) in [6.45, 7) is 2.00. The predicted molar refractivity (Wildman–Crippen MR) is 51.1 cm³/mol. The molecule has 0 amide bonds. The van der Waals surface area contributed by atoms with Gasteiger partial charge in [0.2, 0.25) is 0 Å². The van der Waals surface area contributed by atoms with E-state index in [1.165, 1.54) is 12.5 Å². The van der Waals surface area contributed by atoms with Crippen LogP contribution in [-0.4, -0.2) is 23.8 Å². The minimum absolute atomic E-state index is 0.463. The van der Waals surface area contributed by atoms with Crippen LogP contribution in [0.3, 0.4) is 0 Å². The summed E-state index contributed by atoms with van der Waals surface area (Å²) in [7, 11) is 0. The monoisotopic (exact) mass is 200 g/mol. The summed E-state index contributed by atoms with van der Waals surface area (Å²) >= 11 is 1.63. The Hall–Kier alpha value is -0.870. The molecule has 0 spiro atoms. The van der Waals surface area contributed by atoms with E-state index in [0.29, 0.717) is 6.61 Å². The third-order valence-electron chi connectivity index (χ3n) is 1.69. The average molecular weight is 200 g/mol. The Labute approximate surface area is 81.0 Å². The van der Waals surface area contributed by atoms with E-state index in [9.17, 15) is 4.79 Å². The second-order valence-corrected chi connectivity index (χ2v) is 3.51. The fourth-order valence-corrected chi connectivity index (χ4v) is 1.56. The van der Waals surface area contributed by atoms with Gasteiger partial charge in [-0.2, -0.15) is 11.3 Å². The molecular weight excluding hydrogens is 188 g/mol. The van der Waals surface area contributed by atoms with E-state index < -0.39 is 12.1 Å². The Morgan fingerprint density at radius 2 is 2.54 bits per heavy atom. The van der Waals surface area contributed by atoms with Crippen LogP contribution < -0.4 is 0 Å². The second kappa shape index (κ2) is 4.99. The van der Waals surface area contributed by atoms with Crippen LogP contribution in [0.25, 0.3) is 0 Å². The lowest BCUT2D eigenvalue weighted by Crippen LogP contribution is -2.20. The van der Waals surface area contributed by atoms with Gasteiger partial charge >= 0.3 is 5.97 Å². The molecule has 0 aliphatic rings. The van der Waals surface area contributed by atoms with Crippen LogP contribution in [0.2, 0.25) is 0 Å². The van der Waals surface area contributed by atoms with Gasteiger partial charge in [0, 0.05) is 0 Å². The van der Waals surface area contributed by atoms with Crippen LogP contribution in [0.1, 0.15) is 12.5 Å². The number of thiophene rings is 1. The number of carbonyl (C=O) groups is 1. The van der Waals surface area contributed by atoms with Gasteiger partial charge in [0.05, 0.1) is 6.61 Å². The van der Waals surface area contributed by atoms with E-state index in [0.717, 1.165) is 6.42 Å². The number of hydrogen-bond donors (Lipinski definition) is 1. The lowest BCUT2D eigenvalue weighted by molar-refractivity contribution is -0.149. The quantitative estimate of drug-likeness (QED) is 0.788. The van der Waals surface area contributed by atoms with Crippen molar-refractivity contribution in [2.75, 3.05) is 6.61 Å². The van der Waals surface area contributed by atoms with Gasteiger partial charge in [-0.1, -0.05) is 0 Å².